The Hall–Kier alpha value is -2.05. The molecule has 2 heterocycles. The zero-order valence-electron chi connectivity index (χ0n) is 17.2. The number of ether oxygens (including phenoxy) is 3. The summed E-state index contributed by atoms with van der Waals surface area (Å²) in [6.07, 6.45) is 5.70. The maximum absolute atomic E-state index is 12.3. The molecule has 0 bridgehead atoms. The van der Waals surface area contributed by atoms with Gasteiger partial charge in [-0.3, -0.25) is 4.79 Å². The molecule has 1 aromatic rings. The van der Waals surface area contributed by atoms with Crippen LogP contribution >= 0.6 is 0 Å². The summed E-state index contributed by atoms with van der Waals surface area (Å²) in [6, 6.07) is 6.40. The zero-order valence-corrected chi connectivity index (χ0v) is 17.2. The summed E-state index contributed by atoms with van der Waals surface area (Å²) in [6.45, 7) is 9.11. The lowest BCUT2D eigenvalue weighted by molar-refractivity contribution is -0.129. The van der Waals surface area contributed by atoms with Gasteiger partial charge in [0.25, 0.3) is 0 Å². The highest BCUT2D eigenvalue weighted by Crippen LogP contribution is 2.31. The quantitative estimate of drug-likeness (QED) is 0.702. The number of morpholine rings is 1. The van der Waals surface area contributed by atoms with Crippen LogP contribution in [0.3, 0.4) is 0 Å². The minimum atomic E-state index is 0.0134. The molecule has 3 rings (SSSR count). The fourth-order valence-electron chi connectivity index (χ4n) is 3.63. The highest BCUT2D eigenvalue weighted by Gasteiger charge is 2.23. The van der Waals surface area contributed by atoms with Crippen molar-refractivity contribution in [1.82, 2.24) is 9.80 Å². The third kappa shape index (κ3) is 5.49. The number of nitrogens with zero attached hydrogens (tertiary/aromatic N) is 2. The van der Waals surface area contributed by atoms with Gasteiger partial charge in [0.1, 0.15) is 6.10 Å². The van der Waals surface area contributed by atoms with E-state index in [9.17, 15) is 4.79 Å². The number of hydrogen-bond donors (Lipinski definition) is 0. The van der Waals surface area contributed by atoms with Crippen LogP contribution in [-0.4, -0.2) is 74.4 Å². The van der Waals surface area contributed by atoms with Crippen LogP contribution in [0, 0.1) is 0 Å². The molecule has 0 unspecified atom stereocenters. The van der Waals surface area contributed by atoms with Gasteiger partial charge < -0.3 is 24.0 Å². The van der Waals surface area contributed by atoms with E-state index in [4.69, 9.17) is 14.2 Å². The Bertz CT molecular complexity index is 675. The number of likely N-dealkylation sites (tertiary alicyclic amines) is 1. The molecule has 154 valence electrons. The van der Waals surface area contributed by atoms with Crippen LogP contribution in [0.25, 0.3) is 6.08 Å². The highest BCUT2D eigenvalue weighted by atomic mass is 16.5. The number of rotatable bonds is 6. The highest BCUT2D eigenvalue weighted by molar-refractivity contribution is 5.91. The Labute approximate surface area is 168 Å². The average molecular weight is 389 g/mol. The van der Waals surface area contributed by atoms with Gasteiger partial charge in [0, 0.05) is 38.3 Å². The maximum atomic E-state index is 12.3. The Kier molecular flexibility index (Phi) is 7.34. The molecule has 28 heavy (non-hydrogen) atoms. The zero-order chi connectivity index (χ0) is 19.9. The summed E-state index contributed by atoms with van der Waals surface area (Å²) in [5.41, 5.74) is 0.917. The number of methoxy groups -OCH3 is 1. The van der Waals surface area contributed by atoms with Gasteiger partial charge in [0.15, 0.2) is 11.5 Å². The normalized spacial score (nSPS) is 19.4. The second kappa shape index (κ2) is 9.94. The molecule has 0 aliphatic carbocycles. The topological polar surface area (TPSA) is 51.2 Å². The second-order valence-corrected chi connectivity index (χ2v) is 7.63. The van der Waals surface area contributed by atoms with E-state index in [-0.39, 0.29) is 12.0 Å². The van der Waals surface area contributed by atoms with Crippen molar-refractivity contribution >= 4 is 12.0 Å². The van der Waals surface area contributed by atoms with Crippen LogP contribution in [-0.2, 0) is 9.53 Å². The van der Waals surface area contributed by atoms with Gasteiger partial charge in [0.2, 0.25) is 5.91 Å². The lowest BCUT2D eigenvalue weighted by atomic mass is 10.1. The number of benzene rings is 1. The Morgan fingerprint density at radius 2 is 1.86 bits per heavy atom. The number of carbonyl (C=O) groups excluding carboxylic acids is 1. The minimum absolute atomic E-state index is 0.0134. The number of piperidine rings is 1. The summed E-state index contributed by atoms with van der Waals surface area (Å²) in [5.74, 6) is 1.48. The van der Waals surface area contributed by atoms with E-state index in [0.717, 1.165) is 37.2 Å². The smallest absolute Gasteiger partial charge is 0.246 e. The number of amides is 1. The first-order valence-electron chi connectivity index (χ1n) is 10.2. The van der Waals surface area contributed by atoms with Crippen molar-refractivity contribution in [2.45, 2.75) is 38.8 Å². The van der Waals surface area contributed by atoms with Crippen molar-refractivity contribution < 1.29 is 19.0 Å². The van der Waals surface area contributed by atoms with Crippen LogP contribution in [0.5, 0.6) is 11.5 Å². The van der Waals surface area contributed by atoms with Crippen molar-refractivity contribution in [3.8, 4) is 11.5 Å². The summed E-state index contributed by atoms with van der Waals surface area (Å²) < 4.78 is 17.0. The lowest BCUT2D eigenvalue weighted by Gasteiger charge is -2.34. The average Bonchev–Trinajstić information content (AvgIpc) is 2.73. The molecule has 2 aliphatic rings. The molecule has 0 spiro atoms. The predicted octanol–water partition coefficient (Wildman–Crippen LogP) is 2.82. The summed E-state index contributed by atoms with van der Waals surface area (Å²) >= 11 is 0. The molecule has 6 heteroatoms. The van der Waals surface area contributed by atoms with Gasteiger partial charge in [-0.25, -0.2) is 0 Å². The largest absolute Gasteiger partial charge is 0.493 e. The van der Waals surface area contributed by atoms with Crippen LogP contribution in [0.2, 0.25) is 0 Å². The van der Waals surface area contributed by atoms with Crippen molar-refractivity contribution in [2.75, 3.05) is 46.5 Å². The third-order valence-corrected chi connectivity index (χ3v) is 5.43. The molecule has 1 amide bonds. The molecule has 2 saturated heterocycles. The molecule has 1 aromatic carbocycles. The number of carbonyl (C=O) groups is 1. The predicted molar refractivity (Wildman–Crippen MR) is 110 cm³/mol. The first-order valence-corrected chi connectivity index (χ1v) is 10.2. The Morgan fingerprint density at radius 3 is 2.50 bits per heavy atom. The van der Waals surface area contributed by atoms with Crippen molar-refractivity contribution in [3.05, 3.63) is 29.8 Å². The SMILES string of the molecule is COc1cc(/C=C/C(=O)N2CCOCC2)ccc1OC1CCN(C(C)C)CC1. The van der Waals surface area contributed by atoms with E-state index < -0.39 is 0 Å². The van der Waals surface area contributed by atoms with Crippen molar-refractivity contribution in [2.24, 2.45) is 0 Å². The number of hydrogen-bond acceptors (Lipinski definition) is 5. The molecular weight excluding hydrogens is 356 g/mol. The minimum Gasteiger partial charge on any atom is -0.493 e. The molecule has 0 N–H and O–H groups in total. The fourth-order valence-corrected chi connectivity index (χ4v) is 3.63. The summed E-state index contributed by atoms with van der Waals surface area (Å²) in [4.78, 5) is 16.5. The molecule has 2 fully saturated rings. The standard InChI is InChI=1S/C22H32N2O4/c1-17(2)23-10-8-19(9-11-23)28-20-6-4-18(16-21(20)26-3)5-7-22(25)24-12-14-27-15-13-24/h4-7,16-17,19H,8-15H2,1-3H3/b7-5+. The maximum Gasteiger partial charge on any atom is 0.246 e. The van der Waals surface area contributed by atoms with Gasteiger partial charge in [0.05, 0.1) is 20.3 Å². The van der Waals surface area contributed by atoms with E-state index in [2.05, 4.69) is 18.7 Å². The first-order chi connectivity index (χ1) is 13.6. The van der Waals surface area contributed by atoms with E-state index in [1.54, 1.807) is 18.1 Å². The molecule has 0 saturated carbocycles. The van der Waals surface area contributed by atoms with Crippen LogP contribution in [0.1, 0.15) is 32.3 Å². The lowest BCUT2D eigenvalue weighted by Crippen LogP contribution is -2.41. The first kappa shape index (κ1) is 20.7. The van der Waals surface area contributed by atoms with Gasteiger partial charge in [-0.1, -0.05) is 6.07 Å². The van der Waals surface area contributed by atoms with Gasteiger partial charge >= 0.3 is 0 Å². The van der Waals surface area contributed by atoms with Gasteiger partial charge in [-0.2, -0.15) is 0 Å². The van der Waals surface area contributed by atoms with Crippen LogP contribution < -0.4 is 9.47 Å². The van der Waals surface area contributed by atoms with E-state index in [1.165, 1.54) is 0 Å². The summed E-state index contributed by atoms with van der Waals surface area (Å²) in [5, 5.41) is 0. The summed E-state index contributed by atoms with van der Waals surface area (Å²) in [7, 11) is 1.65. The third-order valence-electron chi connectivity index (χ3n) is 5.43. The van der Waals surface area contributed by atoms with Crippen LogP contribution in [0.4, 0.5) is 0 Å². The fraction of sp³-hybridized carbons (Fsp3) is 0.591. The van der Waals surface area contributed by atoms with Crippen LogP contribution in [0.15, 0.2) is 24.3 Å². The molecule has 2 aliphatic heterocycles. The molecule has 0 radical (unpaired) electrons. The second-order valence-electron chi connectivity index (χ2n) is 7.63. The van der Waals surface area contributed by atoms with Gasteiger partial charge in [-0.05, 0) is 50.5 Å². The van der Waals surface area contributed by atoms with Crippen molar-refractivity contribution in [1.29, 1.82) is 0 Å². The van der Waals surface area contributed by atoms with E-state index >= 15 is 0 Å². The molecule has 0 atom stereocenters. The Morgan fingerprint density at radius 1 is 1.14 bits per heavy atom. The van der Waals surface area contributed by atoms with E-state index in [0.29, 0.717) is 38.1 Å². The molecule has 0 aromatic heterocycles. The van der Waals surface area contributed by atoms with Gasteiger partial charge in [-0.15, -0.1) is 0 Å². The monoisotopic (exact) mass is 388 g/mol. The van der Waals surface area contributed by atoms with E-state index in [1.807, 2.05) is 24.3 Å². The molecular formula is C22H32N2O4. The van der Waals surface area contributed by atoms with Crippen molar-refractivity contribution in [3.63, 3.8) is 0 Å². The molecule has 6 nitrogen and oxygen atoms in total. The Balaban J connectivity index is 1.59.